The molecule has 1 aromatic carbocycles. The van der Waals surface area contributed by atoms with Crippen molar-refractivity contribution in [1.82, 2.24) is 4.57 Å². The largest absolute Gasteiger partial charge is 0.493 e. The molecule has 0 amide bonds. The molecule has 0 aliphatic carbocycles. The highest BCUT2D eigenvalue weighted by molar-refractivity contribution is 5.99. The Balaban J connectivity index is 1.52. The molecule has 31 heavy (non-hydrogen) atoms. The van der Waals surface area contributed by atoms with Crippen LogP contribution in [0.5, 0.6) is 11.5 Å². The SMILES string of the molecule is COc1ccc(CCC(=O)OCC(=O)c2cc(C)n(C[C@H]3CCCO3)c2C)cc1OC. The van der Waals surface area contributed by atoms with E-state index in [1.165, 1.54) is 0 Å². The molecule has 7 heteroatoms. The summed E-state index contributed by atoms with van der Waals surface area (Å²) in [5, 5.41) is 0. The van der Waals surface area contributed by atoms with Gasteiger partial charge in [0.2, 0.25) is 5.78 Å². The van der Waals surface area contributed by atoms with Gasteiger partial charge in [-0.25, -0.2) is 0 Å². The normalized spacial score (nSPS) is 15.7. The number of aryl methyl sites for hydroxylation is 2. The molecule has 0 radical (unpaired) electrons. The maximum Gasteiger partial charge on any atom is 0.306 e. The number of benzene rings is 1. The molecule has 1 saturated heterocycles. The Labute approximate surface area is 183 Å². The number of hydrogen-bond donors (Lipinski definition) is 0. The Bertz CT molecular complexity index is 926. The van der Waals surface area contributed by atoms with E-state index in [1.807, 2.05) is 32.0 Å². The zero-order valence-corrected chi connectivity index (χ0v) is 18.7. The molecule has 0 saturated carbocycles. The van der Waals surface area contributed by atoms with Gasteiger partial charge in [-0.15, -0.1) is 0 Å². The number of Topliss-reactive ketones (excluding diaryl/α,β-unsaturated/α-hetero) is 1. The van der Waals surface area contributed by atoms with E-state index in [9.17, 15) is 9.59 Å². The predicted octanol–water partition coefficient (Wildman–Crippen LogP) is 3.66. The van der Waals surface area contributed by atoms with Crippen LogP contribution in [-0.4, -0.2) is 49.9 Å². The third kappa shape index (κ3) is 5.67. The van der Waals surface area contributed by atoms with Gasteiger partial charge in [-0.2, -0.15) is 0 Å². The molecular formula is C24H31NO6. The molecule has 0 bridgehead atoms. The summed E-state index contributed by atoms with van der Waals surface area (Å²) < 4.78 is 23.6. The minimum Gasteiger partial charge on any atom is -0.493 e. The van der Waals surface area contributed by atoms with E-state index in [1.54, 1.807) is 20.3 Å². The lowest BCUT2D eigenvalue weighted by molar-refractivity contribution is -0.142. The number of ketones is 1. The maximum atomic E-state index is 12.6. The molecule has 1 atom stereocenters. The Morgan fingerprint density at radius 2 is 1.90 bits per heavy atom. The van der Waals surface area contributed by atoms with E-state index < -0.39 is 5.97 Å². The van der Waals surface area contributed by atoms with Crippen molar-refractivity contribution in [1.29, 1.82) is 0 Å². The smallest absolute Gasteiger partial charge is 0.306 e. The average Bonchev–Trinajstić information content (AvgIpc) is 3.39. The van der Waals surface area contributed by atoms with Crippen molar-refractivity contribution in [2.24, 2.45) is 0 Å². The Morgan fingerprint density at radius 1 is 1.13 bits per heavy atom. The van der Waals surface area contributed by atoms with Crippen LogP contribution in [0.1, 0.15) is 46.6 Å². The van der Waals surface area contributed by atoms with Crippen molar-refractivity contribution in [2.75, 3.05) is 27.4 Å². The minimum atomic E-state index is -0.406. The van der Waals surface area contributed by atoms with Crippen LogP contribution in [0.4, 0.5) is 0 Å². The molecule has 0 spiro atoms. The number of esters is 1. The van der Waals surface area contributed by atoms with Crippen LogP contribution in [0, 0.1) is 13.8 Å². The van der Waals surface area contributed by atoms with E-state index in [0.29, 0.717) is 23.5 Å². The molecule has 1 aliphatic heterocycles. The molecule has 0 unspecified atom stereocenters. The zero-order chi connectivity index (χ0) is 22.4. The first-order chi connectivity index (χ1) is 14.9. The summed E-state index contributed by atoms with van der Waals surface area (Å²) in [6.07, 6.45) is 2.99. The Hall–Kier alpha value is -2.80. The highest BCUT2D eigenvalue weighted by Gasteiger charge is 2.21. The molecule has 7 nitrogen and oxygen atoms in total. The van der Waals surface area contributed by atoms with Gasteiger partial charge in [0, 0.05) is 36.5 Å². The summed E-state index contributed by atoms with van der Waals surface area (Å²) in [4.78, 5) is 24.8. The van der Waals surface area contributed by atoms with E-state index in [4.69, 9.17) is 18.9 Å². The second-order valence-electron chi connectivity index (χ2n) is 7.80. The van der Waals surface area contributed by atoms with Crippen molar-refractivity contribution in [3.05, 3.63) is 46.8 Å². The molecular weight excluding hydrogens is 398 g/mol. The number of carbonyl (C=O) groups is 2. The summed E-state index contributed by atoms with van der Waals surface area (Å²) in [6, 6.07) is 7.38. The number of hydrogen-bond acceptors (Lipinski definition) is 6. The topological polar surface area (TPSA) is 76.0 Å². The average molecular weight is 430 g/mol. The monoisotopic (exact) mass is 429 g/mol. The zero-order valence-electron chi connectivity index (χ0n) is 18.7. The summed E-state index contributed by atoms with van der Waals surface area (Å²) in [7, 11) is 3.14. The lowest BCUT2D eigenvalue weighted by Crippen LogP contribution is -2.18. The molecule has 1 fully saturated rings. The summed E-state index contributed by atoms with van der Waals surface area (Å²) in [5.41, 5.74) is 3.43. The van der Waals surface area contributed by atoms with Gasteiger partial charge in [0.05, 0.1) is 20.3 Å². The van der Waals surface area contributed by atoms with Crippen LogP contribution in [0.3, 0.4) is 0 Å². The van der Waals surface area contributed by atoms with Crippen LogP contribution < -0.4 is 9.47 Å². The lowest BCUT2D eigenvalue weighted by Gasteiger charge is -2.14. The second kappa shape index (κ2) is 10.5. The molecule has 3 rings (SSSR count). The summed E-state index contributed by atoms with van der Waals surface area (Å²) in [6.45, 7) is 5.20. The number of aromatic nitrogens is 1. The molecule has 1 aliphatic rings. The van der Waals surface area contributed by atoms with E-state index in [-0.39, 0.29) is 24.9 Å². The first-order valence-electron chi connectivity index (χ1n) is 10.6. The lowest BCUT2D eigenvalue weighted by atomic mass is 10.1. The van der Waals surface area contributed by atoms with Crippen molar-refractivity contribution >= 4 is 11.8 Å². The van der Waals surface area contributed by atoms with Crippen molar-refractivity contribution < 1.29 is 28.5 Å². The molecule has 0 N–H and O–H groups in total. The fraction of sp³-hybridized carbons (Fsp3) is 0.500. The quantitative estimate of drug-likeness (QED) is 0.424. The number of methoxy groups -OCH3 is 2. The van der Waals surface area contributed by atoms with Gasteiger partial charge < -0.3 is 23.5 Å². The van der Waals surface area contributed by atoms with Gasteiger partial charge in [0.1, 0.15) is 0 Å². The highest BCUT2D eigenvalue weighted by atomic mass is 16.5. The first kappa shape index (κ1) is 22.9. The van der Waals surface area contributed by atoms with Crippen LogP contribution in [0.15, 0.2) is 24.3 Å². The Kier molecular flexibility index (Phi) is 7.74. The first-order valence-corrected chi connectivity index (χ1v) is 10.6. The van der Waals surface area contributed by atoms with Gasteiger partial charge >= 0.3 is 5.97 Å². The predicted molar refractivity (Wildman–Crippen MR) is 116 cm³/mol. The highest BCUT2D eigenvalue weighted by Crippen LogP contribution is 2.28. The third-order valence-electron chi connectivity index (χ3n) is 5.71. The van der Waals surface area contributed by atoms with E-state index in [2.05, 4.69) is 4.57 Å². The minimum absolute atomic E-state index is 0.181. The number of ether oxygens (including phenoxy) is 4. The van der Waals surface area contributed by atoms with Gasteiger partial charge in [-0.1, -0.05) is 6.07 Å². The fourth-order valence-corrected chi connectivity index (χ4v) is 3.93. The second-order valence-corrected chi connectivity index (χ2v) is 7.80. The van der Waals surface area contributed by atoms with Gasteiger partial charge in [-0.3, -0.25) is 9.59 Å². The molecule has 1 aromatic heterocycles. The van der Waals surface area contributed by atoms with Crippen LogP contribution in [0.25, 0.3) is 0 Å². The maximum absolute atomic E-state index is 12.6. The van der Waals surface area contributed by atoms with Crippen LogP contribution in [-0.2, 0) is 27.2 Å². The van der Waals surface area contributed by atoms with Gasteiger partial charge in [0.25, 0.3) is 0 Å². The number of rotatable bonds is 10. The number of carbonyl (C=O) groups excluding carboxylic acids is 2. The molecule has 2 heterocycles. The van der Waals surface area contributed by atoms with E-state index in [0.717, 1.165) is 42.9 Å². The fourth-order valence-electron chi connectivity index (χ4n) is 3.93. The van der Waals surface area contributed by atoms with E-state index >= 15 is 0 Å². The van der Waals surface area contributed by atoms with Crippen LogP contribution >= 0.6 is 0 Å². The number of nitrogens with zero attached hydrogens (tertiary/aromatic N) is 1. The van der Waals surface area contributed by atoms with Crippen LogP contribution in [0.2, 0.25) is 0 Å². The van der Waals surface area contributed by atoms with Crippen molar-refractivity contribution in [3.63, 3.8) is 0 Å². The van der Waals surface area contributed by atoms with Crippen molar-refractivity contribution in [2.45, 2.75) is 52.2 Å². The molecule has 2 aromatic rings. The Morgan fingerprint density at radius 3 is 2.58 bits per heavy atom. The van der Waals surface area contributed by atoms with Crippen molar-refractivity contribution in [3.8, 4) is 11.5 Å². The summed E-state index contributed by atoms with van der Waals surface area (Å²) >= 11 is 0. The summed E-state index contributed by atoms with van der Waals surface area (Å²) in [5.74, 6) is 0.654. The standard InChI is InChI=1S/C24H31NO6/c1-16-12-20(17(2)25(16)14-19-6-5-11-30-19)21(26)15-31-24(27)10-8-18-7-9-22(28-3)23(13-18)29-4/h7,9,12-13,19H,5-6,8,10-11,14-15H2,1-4H3/t19-/m1/s1. The van der Waals surface area contributed by atoms with Gasteiger partial charge in [-0.05, 0) is 56.9 Å². The molecule has 168 valence electrons. The third-order valence-corrected chi connectivity index (χ3v) is 5.71. The van der Waals surface area contributed by atoms with Gasteiger partial charge in [0.15, 0.2) is 18.1 Å².